The van der Waals surface area contributed by atoms with Gasteiger partial charge in [0.15, 0.2) is 0 Å². The molecule has 6 heteroatoms. The average molecular weight is 718 g/mol. The first kappa shape index (κ1) is 36.4. The summed E-state index contributed by atoms with van der Waals surface area (Å²) in [7, 11) is 0. The molecule has 1 saturated carbocycles. The van der Waals surface area contributed by atoms with Crippen molar-refractivity contribution >= 4 is 41.3 Å². The lowest BCUT2D eigenvalue weighted by Gasteiger charge is -2.43. The van der Waals surface area contributed by atoms with Crippen molar-refractivity contribution in [1.82, 2.24) is 4.90 Å². The molecule has 5 aromatic rings. The van der Waals surface area contributed by atoms with E-state index in [1.807, 2.05) is 56.1 Å². The number of hydrogen-bond donors (Lipinski definition) is 0. The number of esters is 1. The van der Waals surface area contributed by atoms with Crippen LogP contribution in [0.1, 0.15) is 57.7 Å². The third-order valence-corrected chi connectivity index (χ3v) is 14.0. The summed E-state index contributed by atoms with van der Waals surface area (Å²) in [5, 5.41) is 0. The van der Waals surface area contributed by atoms with E-state index >= 15 is 0 Å². The third kappa shape index (κ3) is 9.27. The second-order valence-corrected chi connectivity index (χ2v) is 18.6. The zero-order valence-electron chi connectivity index (χ0n) is 29.4. The van der Waals surface area contributed by atoms with Gasteiger partial charge in [0.05, 0.1) is 5.92 Å². The minimum Gasteiger partial charge on any atom is -0.460 e. The Bertz CT molecular complexity index is 1660. The molecule has 0 unspecified atom stereocenters. The minimum absolute atomic E-state index is 0.0239. The van der Waals surface area contributed by atoms with E-state index < -0.39 is 9.01 Å². The Labute approximate surface area is 311 Å². The van der Waals surface area contributed by atoms with Crippen LogP contribution < -0.4 is 0 Å². The highest BCUT2D eigenvalue weighted by Gasteiger charge is 2.56. The zero-order chi connectivity index (χ0) is 35.0. The van der Waals surface area contributed by atoms with Crippen LogP contribution in [0.25, 0.3) is 0 Å². The van der Waals surface area contributed by atoms with Gasteiger partial charge in [0, 0.05) is 39.2 Å². The smallest absolute Gasteiger partial charge is 0.311 e. The number of nitrogens with zero attached hydrogens (tertiary/aromatic N) is 1. The van der Waals surface area contributed by atoms with Crippen LogP contribution in [0.2, 0.25) is 0 Å². The fraction of sp³-hybridized carbons (Fsp3) is 0.295. The molecule has 0 amide bonds. The molecule has 0 spiro atoms. The monoisotopic (exact) mass is 717 g/mol. The quantitative estimate of drug-likeness (QED) is 0.0684. The molecule has 0 bridgehead atoms. The van der Waals surface area contributed by atoms with Crippen LogP contribution >= 0.6 is 35.3 Å². The topological polar surface area (TPSA) is 29.5 Å². The van der Waals surface area contributed by atoms with Crippen molar-refractivity contribution in [2.24, 2.45) is 11.8 Å². The van der Waals surface area contributed by atoms with Crippen LogP contribution in [0.5, 0.6) is 0 Å². The van der Waals surface area contributed by atoms with Gasteiger partial charge in [0.2, 0.25) is 0 Å². The van der Waals surface area contributed by atoms with Crippen molar-refractivity contribution in [1.29, 1.82) is 0 Å². The van der Waals surface area contributed by atoms with Gasteiger partial charge in [-0.1, -0.05) is 151 Å². The summed E-state index contributed by atoms with van der Waals surface area (Å²) in [4.78, 5) is 21.1. The van der Waals surface area contributed by atoms with E-state index in [1.165, 1.54) is 25.8 Å². The molecule has 1 aliphatic rings. The first-order chi connectivity index (χ1) is 24.2. The van der Waals surface area contributed by atoms with Crippen molar-refractivity contribution in [3.8, 4) is 0 Å². The first-order valence-electron chi connectivity index (χ1n) is 17.5. The van der Waals surface area contributed by atoms with Crippen molar-refractivity contribution < 1.29 is 9.53 Å². The summed E-state index contributed by atoms with van der Waals surface area (Å²) in [6.07, 6.45) is 1.78. The van der Waals surface area contributed by atoms with Crippen LogP contribution in [0.3, 0.4) is 0 Å². The SMILES string of the molecule is C[C@@H](c1ccccc1)N(Cc1ccccc1)[C@H]1CC[C@H](C(Sc2ccccc2)(Sc2ccccc2)Sc2ccccc2)[C@H]1C(=O)OC(C)(C)C. The summed E-state index contributed by atoms with van der Waals surface area (Å²) in [5.74, 6) is -0.499. The van der Waals surface area contributed by atoms with E-state index in [9.17, 15) is 4.79 Å². The van der Waals surface area contributed by atoms with Crippen LogP contribution in [-0.4, -0.2) is 25.9 Å². The molecule has 3 nitrogen and oxygen atoms in total. The predicted octanol–water partition coefficient (Wildman–Crippen LogP) is 12.0. The van der Waals surface area contributed by atoms with Crippen LogP contribution in [0.15, 0.2) is 166 Å². The number of benzene rings is 5. The molecule has 50 heavy (non-hydrogen) atoms. The van der Waals surface area contributed by atoms with Crippen molar-refractivity contribution in [3.63, 3.8) is 0 Å². The third-order valence-electron chi connectivity index (χ3n) is 9.18. The van der Waals surface area contributed by atoms with Crippen molar-refractivity contribution in [2.45, 2.75) is 82.9 Å². The summed E-state index contributed by atoms with van der Waals surface area (Å²) in [6.45, 7) is 9.00. The normalized spacial score (nSPS) is 18.5. The number of carbonyl (C=O) groups is 1. The Balaban J connectivity index is 1.51. The number of thioether (sulfide) groups is 3. The molecule has 1 aliphatic carbocycles. The van der Waals surface area contributed by atoms with Crippen LogP contribution in [0, 0.1) is 11.8 Å². The highest BCUT2D eigenvalue weighted by molar-refractivity contribution is 8.33. The maximum absolute atomic E-state index is 14.9. The number of hydrogen-bond acceptors (Lipinski definition) is 6. The van der Waals surface area contributed by atoms with E-state index in [1.54, 1.807) is 0 Å². The van der Waals surface area contributed by atoms with Gasteiger partial charge in [0.25, 0.3) is 0 Å². The fourth-order valence-corrected chi connectivity index (χ4v) is 12.3. The second kappa shape index (κ2) is 16.7. The lowest BCUT2D eigenvalue weighted by molar-refractivity contribution is -0.164. The van der Waals surface area contributed by atoms with Crippen molar-refractivity contribution in [2.75, 3.05) is 0 Å². The fourth-order valence-electron chi connectivity index (χ4n) is 6.94. The number of rotatable bonds is 13. The van der Waals surface area contributed by atoms with Gasteiger partial charge in [0.1, 0.15) is 9.01 Å². The maximum atomic E-state index is 14.9. The molecule has 4 atom stereocenters. The van der Waals surface area contributed by atoms with E-state index in [0.29, 0.717) is 0 Å². The molecular weight excluding hydrogens is 671 g/mol. The van der Waals surface area contributed by atoms with Crippen molar-refractivity contribution in [3.05, 3.63) is 163 Å². The van der Waals surface area contributed by atoms with Crippen LogP contribution in [0.4, 0.5) is 0 Å². The summed E-state index contributed by atoms with van der Waals surface area (Å²) in [5.41, 5.74) is 1.87. The molecule has 0 saturated heterocycles. The summed E-state index contributed by atoms with van der Waals surface area (Å²) < 4.78 is 5.93. The van der Waals surface area contributed by atoms with Gasteiger partial charge in [-0.15, -0.1) is 0 Å². The minimum atomic E-state index is -0.613. The molecule has 1 fully saturated rings. The molecule has 0 N–H and O–H groups in total. The number of carbonyl (C=O) groups excluding carboxylic acids is 1. The second-order valence-electron chi connectivity index (χ2n) is 13.9. The molecule has 0 aromatic heterocycles. The van der Waals surface area contributed by atoms with E-state index in [0.717, 1.165) is 19.4 Å². The van der Waals surface area contributed by atoms with Gasteiger partial charge in [-0.3, -0.25) is 9.69 Å². The Morgan fingerprint density at radius 1 is 0.660 bits per heavy atom. The molecule has 0 aliphatic heterocycles. The van der Waals surface area contributed by atoms with Gasteiger partial charge < -0.3 is 4.74 Å². The van der Waals surface area contributed by atoms with Crippen LogP contribution in [-0.2, 0) is 16.1 Å². The van der Waals surface area contributed by atoms with E-state index in [-0.39, 0.29) is 29.9 Å². The van der Waals surface area contributed by atoms with E-state index in [4.69, 9.17) is 4.74 Å². The lowest BCUT2D eigenvalue weighted by atomic mass is 9.91. The van der Waals surface area contributed by atoms with Gasteiger partial charge in [-0.2, -0.15) is 0 Å². The Morgan fingerprint density at radius 3 is 1.52 bits per heavy atom. The Morgan fingerprint density at radius 2 is 1.08 bits per heavy atom. The first-order valence-corrected chi connectivity index (χ1v) is 20.0. The zero-order valence-corrected chi connectivity index (χ0v) is 31.8. The highest BCUT2D eigenvalue weighted by atomic mass is 32.3. The maximum Gasteiger partial charge on any atom is 0.311 e. The summed E-state index contributed by atoms with van der Waals surface area (Å²) in [6, 6.07) is 53.5. The van der Waals surface area contributed by atoms with Gasteiger partial charge in [-0.25, -0.2) is 0 Å². The Hall–Kier alpha value is -3.42. The van der Waals surface area contributed by atoms with Gasteiger partial charge >= 0.3 is 5.97 Å². The largest absolute Gasteiger partial charge is 0.460 e. The molecular formula is C44H47NO2S3. The highest BCUT2D eigenvalue weighted by Crippen LogP contribution is 2.64. The molecule has 0 radical (unpaired) electrons. The molecule has 5 aromatic carbocycles. The summed E-state index contributed by atoms with van der Waals surface area (Å²) >= 11 is 5.65. The number of ether oxygens (including phenoxy) is 1. The Kier molecular flexibility index (Phi) is 12.2. The van der Waals surface area contributed by atoms with E-state index in [2.05, 4.69) is 163 Å². The van der Waals surface area contributed by atoms with Gasteiger partial charge in [-0.05, 0) is 88.1 Å². The average Bonchev–Trinajstić information content (AvgIpc) is 3.58. The predicted molar refractivity (Wildman–Crippen MR) is 212 cm³/mol. The standard InChI is InChI=1S/C44H47NO2S3/c1-33(35-22-12-6-13-23-35)45(32-34-20-10-5-11-21-34)40-31-30-39(41(40)42(46)47-43(2,3)4)44(48-36-24-14-7-15-25-36,49-37-26-16-8-17-27-37)50-38-28-18-9-19-29-38/h5-29,33,39-41H,30-32H2,1-4H3/t33-,39-,40-,41+/m0/s1. The molecule has 6 rings (SSSR count). The lowest BCUT2D eigenvalue weighted by Crippen LogP contribution is -2.47. The molecule has 258 valence electrons. The molecule has 0 heterocycles.